The van der Waals surface area contributed by atoms with Gasteiger partial charge in [0.25, 0.3) is 0 Å². The zero-order valence-corrected chi connectivity index (χ0v) is 15.6. The Morgan fingerprint density at radius 3 is 2.81 bits per heavy atom. The highest BCUT2D eigenvalue weighted by Crippen LogP contribution is 2.12. The first-order valence-electron chi connectivity index (χ1n) is 9.07. The third-order valence-corrected chi connectivity index (χ3v) is 5.56. The van der Waals surface area contributed by atoms with Crippen LogP contribution in [0.1, 0.15) is 16.9 Å². The van der Waals surface area contributed by atoms with Crippen LogP contribution in [0.4, 0.5) is 0 Å². The molecule has 26 heavy (non-hydrogen) atoms. The van der Waals surface area contributed by atoms with Crippen LogP contribution in [0.2, 0.25) is 0 Å². The van der Waals surface area contributed by atoms with Gasteiger partial charge in [-0.05, 0) is 29.9 Å². The molecule has 2 amide bonds. The third-order valence-electron chi connectivity index (χ3n) is 4.62. The molecule has 2 N–H and O–H groups in total. The van der Waals surface area contributed by atoms with Gasteiger partial charge in [-0.2, -0.15) is 0 Å². The minimum absolute atomic E-state index is 0.0438. The highest BCUT2D eigenvalue weighted by Gasteiger charge is 2.31. The zero-order valence-electron chi connectivity index (χ0n) is 14.8. The predicted octanol–water partition coefficient (Wildman–Crippen LogP) is 1.84. The average Bonchev–Trinajstić information content (AvgIpc) is 3.16. The standard InChI is InChI=1S/C20H25N3O2S/c24-19(21-10-8-17-7-4-14-26-17)15-18-20(25)22-11-13-23(18)12-9-16-5-2-1-3-6-16/h1-7,14,18H,8-13,15H2,(H,21,24)(H,22,25). The summed E-state index contributed by atoms with van der Waals surface area (Å²) >= 11 is 1.69. The molecule has 1 atom stereocenters. The SMILES string of the molecule is O=C(CC1C(=O)NCCN1CCc1ccccc1)NCCc1cccs1. The summed E-state index contributed by atoms with van der Waals surface area (Å²) in [6.07, 6.45) is 1.92. The minimum Gasteiger partial charge on any atom is -0.356 e. The molecule has 1 aliphatic rings. The molecule has 138 valence electrons. The maximum absolute atomic E-state index is 12.3. The Morgan fingerprint density at radius 2 is 2.04 bits per heavy atom. The van der Waals surface area contributed by atoms with Gasteiger partial charge in [-0.25, -0.2) is 0 Å². The molecule has 1 aromatic carbocycles. The van der Waals surface area contributed by atoms with Crippen LogP contribution in [0.15, 0.2) is 47.8 Å². The van der Waals surface area contributed by atoms with Crippen LogP contribution in [0.5, 0.6) is 0 Å². The first-order valence-corrected chi connectivity index (χ1v) is 9.95. The lowest BCUT2D eigenvalue weighted by molar-refractivity contribution is -0.133. The molecule has 0 aliphatic carbocycles. The van der Waals surface area contributed by atoms with E-state index >= 15 is 0 Å². The van der Waals surface area contributed by atoms with Crippen LogP contribution in [0, 0.1) is 0 Å². The molecule has 0 spiro atoms. The summed E-state index contributed by atoms with van der Waals surface area (Å²) < 4.78 is 0. The Balaban J connectivity index is 1.49. The summed E-state index contributed by atoms with van der Waals surface area (Å²) in [5.74, 6) is -0.106. The van der Waals surface area contributed by atoms with Crippen molar-refractivity contribution in [3.63, 3.8) is 0 Å². The molecule has 1 fully saturated rings. The van der Waals surface area contributed by atoms with Gasteiger partial charge < -0.3 is 10.6 Å². The van der Waals surface area contributed by atoms with Crippen LogP contribution in [-0.2, 0) is 22.4 Å². The minimum atomic E-state index is -0.380. The van der Waals surface area contributed by atoms with Crippen molar-refractivity contribution in [2.24, 2.45) is 0 Å². The van der Waals surface area contributed by atoms with Crippen LogP contribution in [-0.4, -0.2) is 48.9 Å². The van der Waals surface area contributed by atoms with E-state index in [0.29, 0.717) is 13.1 Å². The highest BCUT2D eigenvalue weighted by molar-refractivity contribution is 7.09. The number of thiophene rings is 1. The number of hydrogen-bond acceptors (Lipinski definition) is 4. The van der Waals surface area contributed by atoms with Gasteiger partial charge in [-0.15, -0.1) is 11.3 Å². The molecule has 0 radical (unpaired) electrons. The number of hydrogen-bond donors (Lipinski definition) is 2. The number of benzene rings is 1. The smallest absolute Gasteiger partial charge is 0.237 e. The maximum atomic E-state index is 12.3. The van der Waals surface area contributed by atoms with Gasteiger partial charge in [0.2, 0.25) is 11.8 Å². The summed E-state index contributed by atoms with van der Waals surface area (Å²) in [5.41, 5.74) is 1.25. The molecule has 5 nitrogen and oxygen atoms in total. The molecule has 0 saturated carbocycles. The lowest BCUT2D eigenvalue weighted by Crippen LogP contribution is -2.56. The van der Waals surface area contributed by atoms with Crippen molar-refractivity contribution < 1.29 is 9.59 Å². The van der Waals surface area contributed by atoms with Gasteiger partial charge in [0.1, 0.15) is 0 Å². The molecular formula is C20H25N3O2S. The Kier molecular flexibility index (Phi) is 6.80. The molecule has 1 saturated heterocycles. The van der Waals surface area contributed by atoms with Crippen molar-refractivity contribution in [1.29, 1.82) is 0 Å². The van der Waals surface area contributed by atoms with Gasteiger partial charge in [-0.1, -0.05) is 36.4 Å². The van der Waals surface area contributed by atoms with Crippen molar-refractivity contribution in [2.75, 3.05) is 26.2 Å². The lowest BCUT2D eigenvalue weighted by atomic mass is 10.1. The topological polar surface area (TPSA) is 61.4 Å². The van der Waals surface area contributed by atoms with Gasteiger partial charge in [0.05, 0.1) is 12.5 Å². The monoisotopic (exact) mass is 371 g/mol. The molecule has 2 aromatic rings. The second kappa shape index (κ2) is 9.50. The molecular weight excluding hydrogens is 346 g/mol. The number of carbonyl (C=O) groups is 2. The fourth-order valence-electron chi connectivity index (χ4n) is 3.20. The van der Waals surface area contributed by atoms with Crippen molar-refractivity contribution >= 4 is 23.2 Å². The van der Waals surface area contributed by atoms with Gasteiger partial charge in [-0.3, -0.25) is 14.5 Å². The van der Waals surface area contributed by atoms with E-state index in [4.69, 9.17) is 0 Å². The molecule has 6 heteroatoms. The molecule has 1 unspecified atom stereocenters. The van der Waals surface area contributed by atoms with E-state index in [9.17, 15) is 9.59 Å². The Bertz CT molecular complexity index is 703. The molecule has 3 rings (SSSR count). The normalized spacial score (nSPS) is 17.7. The number of amides is 2. The fraction of sp³-hybridized carbons (Fsp3) is 0.400. The quantitative estimate of drug-likeness (QED) is 0.744. The Hall–Kier alpha value is -2.18. The van der Waals surface area contributed by atoms with Crippen LogP contribution >= 0.6 is 11.3 Å². The summed E-state index contributed by atoms with van der Waals surface area (Å²) in [6.45, 7) is 2.82. The van der Waals surface area contributed by atoms with E-state index in [1.165, 1.54) is 10.4 Å². The summed E-state index contributed by atoms with van der Waals surface area (Å²) in [7, 11) is 0. The summed E-state index contributed by atoms with van der Waals surface area (Å²) in [5, 5.41) is 7.87. The summed E-state index contributed by atoms with van der Waals surface area (Å²) in [4.78, 5) is 28.0. The van der Waals surface area contributed by atoms with Crippen LogP contribution < -0.4 is 10.6 Å². The lowest BCUT2D eigenvalue weighted by Gasteiger charge is -2.34. The first kappa shape index (κ1) is 18.6. The zero-order chi connectivity index (χ0) is 18.2. The molecule has 1 aliphatic heterocycles. The predicted molar refractivity (Wildman–Crippen MR) is 104 cm³/mol. The largest absolute Gasteiger partial charge is 0.356 e. The second-order valence-electron chi connectivity index (χ2n) is 6.46. The van der Waals surface area contributed by atoms with E-state index in [2.05, 4.69) is 33.7 Å². The number of carbonyl (C=O) groups excluding carboxylic acids is 2. The number of nitrogens with one attached hydrogen (secondary N) is 2. The van der Waals surface area contributed by atoms with E-state index in [-0.39, 0.29) is 24.3 Å². The number of piperazine rings is 1. The third kappa shape index (κ3) is 5.41. The Morgan fingerprint density at radius 1 is 1.19 bits per heavy atom. The van der Waals surface area contributed by atoms with Crippen molar-refractivity contribution in [2.45, 2.75) is 25.3 Å². The molecule has 0 bridgehead atoms. The van der Waals surface area contributed by atoms with Gasteiger partial charge >= 0.3 is 0 Å². The highest BCUT2D eigenvalue weighted by atomic mass is 32.1. The van der Waals surface area contributed by atoms with Crippen molar-refractivity contribution in [1.82, 2.24) is 15.5 Å². The maximum Gasteiger partial charge on any atom is 0.237 e. The molecule has 2 heterocycles. The second-order valence-corrected chi connectivity index (χ2v) is 7.49. The van der Waals surface area contributed by atoms with Gasteiger partial charge in [0, 0.05) is 31.1 Å². The van der Waals surface area contributed by atoms with E-state index < -0.39 is 0 Å². The van der Waals surface area contributed by atoms with E-state index in [0.717, 1.165) is 25.9 Å². The van der Waals surface area contributed by atoms with Crippen LogP contribution in [0.3, 0.4) is 0 Å². The first-order chi connectivity index (χ1) is 12.7. The van der Waals surface area contributed by atoms with E-state index in [1.807, 2.05) is 29.6 Å². The van der Waals surface area contributed by atoms with Crippen LogP contribution in [0.25, 0.3) is 0 Å². The van der Waals surface area contributed by atoms with Crippen molar-refractivity contribution in [3.8, 4) is 0 Å². The van der Waals surface area contributed by atoms with Gasteiger partial charge in [0.15, 0.2) is 0 Å². The Labute approximate surface area is 158 Å². The fourth-order valence-corrected chi connectivity index (χ4v) is 3.91. The number of rotatable bonds is 8. The number of nitrogens with zero attached hydrogens (tertiary/aromatic N) is 1. The van der Waals surface area contributed by atoms with E-state index in [1.54, 1.807) is 11.3 Å². The average molecular weight is 372 g/mol. The summed E-state index contributed by atoms with van der Waals surface area (Å²) in [6, 6.07) is 13.9. The molecule has 1 aromatic heterocycles. The van der Waals surface area contributed by atoms with Crippen molar-refractivity contribution in [3.05, 3.63) is 58.3 Å².